The van der Waals surface area contributed by atoms with Gasteiger partial charge in [0.25, 0.3) is 0 Å². The summed E-state index contributed by atoms with van der Waals surface area (Å²) >= 11 is 0. The molecule has 1 aromatic carbocycles. The van der Waals surface area contributed by atoms with Gasteiger partial charge in [-0.05, 0) is 43.0 Å². The topological polar surface area (TPSA) is 86.8 Å². The minimum atomic E-state index is -0.299. The molecule has 23 heavy (non-hydrogen) atoms. The van der Waals surface area contributed by atoms with Gasteiger partial charge in [0, 0.05) is 5.56 Å². The van der Waals surface area contributed by atoms with Crippen LogP contribution in [0.4, 0.5) is 10.3 Å². The maximum atomic E-state index is 13.1. The summed E-state index contributed by atoms with van der Waals surface area (Å²) in [6.45, 7) is 0.591. The predicted molar refractivity (Wildman–Crippen MR) is 83.2 cm³/mol. The molecule has 2 N–H and O–H groups in total. The standard InChI is InChI=1S/C16H14FN5O/c17-11-5-3-10(4-6-11)12-7-19-14-13(20-12)15(22-16(18)21-14)23-8-9-1-2-9/h3-7,9H,1-2,8H2,(H2,18,19,21,22). The summed E-state index contributed by atoms with van der Waals surface area (Å²) in [7, 11) is 0. The van der Waals surface area contributed by atoms with E-state index >= 15 is 0 Å². The highest BCUT2D eigenvalue weighted by molar-refractivity contribution is 5.79. The van der Waals surface area contributed by atoms with Crippen molar-refractivity contribution in [3.05, 3.63) is 36.3 Å². The summed E-state index contributed by atoms with van der Waals surface area (Å²) < 4.78 is 18.8. The second kappa shape index (κ2) is 5.42. The summed E-state index contributed by atoms with van der Waals surface area (Å²) in [6, 6.07) is 6.05. The minimum absolute atomic E-state index is 0.104. The molecule has 7 heteroatoms. The lowest BCUT2D eigenvalue weighted by Gasteiger charge is -2.08. The van der Waals surface area contributed by atoms with Crippen molar-refractivity contribution in [2.45, 2.75) is 12.8 Å². The van der Waals surface area contributed by atoms with Crippen molar-refractivity contribution in [3.63, 3.8) is 0 Å². The Morgan fingerprint density at radius 1 is 1.13 bits per heavy atom. The van der Waals surface area contributed by atoms with E-state index in [1.165, 1.54) is 25.0 Å². The molecule has 2 heterocycles. The average molecular weight is 311 g/mol. The summed E-state index contributed by atoms with van der Waals surface area (Å²) in [5.41, 5.74) is 7.90. The molecular weight excluding hydrogens is 297 g/mol. The number of rotatable bonds is 4. The summed E-state index contributed by atoms with van der Waals surface area (Å²) in [5.74, 6) is 0.726. The molecule has 3 aromatic rings. The van der Waals surface area contributed by atoms with Gasteiger partial charge in [0.2, 0.25) is 11.8 Å². The van der Waals surface area contributed by atoms with Crippen molar-refractivity contribution in [1.82, 2.24) is 19.9 Å². The molecule has 0 bridgehead atoms. The molecule has 2 aromatic heterocycles. The molecule has 0 aliphatic heterocycles. The minimum Gasteiger partial charge on any atom is -0.476 e. The first-order valence-electron chi connectivity index (χ1n) is 7.38. The SMILES string of the molecule is Nc1nc(OCC2CC2)c2nc(-c3ccc(F)cc3)cnc2n1. The summed E-state index contributed by atoms with van der Waals surface area (Å²) in [5, 5.41) is 0. The number of nitrogens with two attached hydrogens (primary N) is 1. The Kier molecular flexibility index (Phi) is 3.25. The third-order valence-corrected chi connectivity index (χ3v) is 3.68. The Balaban J connectivity index is 1.77. The first-order chi connectivity index (χ1) is 11.2. The Labute approximate surface area is 131 Å². The summed E-state index contributed by atoms with van der Waals surface area (Å²) in [6.07, 6.45) is 3.92. The van der Waals surface area contributed by atoms with Crippen molar-refractivity contribution in [2.24, 2.45) is 5.92 Å². The van der Waals surface area contributed by atoms with Crippen LogP contribution in [0, 0.1) is 11.7 Å². The Morgan fingerprint density at radius 3 is 2.65 bits per heavy atom. The van der Waals surface area contributed by atoms with Crippen LogP contribution in [0.25, 0.3) is 22.4 Å². The second-order valence-electron chi connectivity index (χ2n) is 5.58. The van der Waals surface area contributed by atoms with Gasteiger partial charge in [0.15, 0.2) is 11.2 Å². The zero-order chi connectivity index (χ0) is 15.8. The number of ether oxygens (including phenoxy) is 1. The number of anilines is 1. The maximum absolute atomic E-state index is 13.1. The second-order valence-corrected chi connectivity index (χ2v) is 5.58. The van der Waals surface area contributed by atoms with Crippen LogP contribution in [-0.4, -0.2) is 26.5 Å². The molecule has 4 rings (SSSR count). The summed E-state index contributed by atoms with van der Waals surface area (Å²) in [4.78, 5) is 17.0. The molecule has 1 aliphatic carbocycles. The largest absolute Gasteiger partial charge is 0.476 e. The van der Waals surface area contributed by atoms with Crippen LogP contribution in [0.2, 0.25) is 0 Å². The van der Waals surface area contributed by atoms with Crippen LogP contribution in [-0.2, 0) is 0 Å². The molecular formula is C16H14FN5O. The fraction of sp³-hybridized carbons (Fsp3) is 0.250. The van der Waals surface area contributed by atoms with E-state index in [4.69, 9.17) is 10.5 Å². The smallest absolute Gasteiger partial charge is 0.247 e. The van der Waals surface area contributed by atoms with Crippen LogP contribution in [0.1, 0.15) is 12.8 Å². The van der Waals surface area contributed by atoms with Gasteiger partial charge in [-0.2, -0.15) is 9.97 Å². The lowest BCUT2D eigenvalue weighted by atomic mass is 10.1. The Hall–Kier alpha value is -2.83. The van der Waals surface area contributed by atoms with Crippen molar-refractivity contribution in [3.8, 4) is 17.1 Å². The Morgan fingerprint density at radius 2 is 1.91 bits per heavy atom. The molecule has 0 unspecified atom stereocenters. The molecule has 1 fully saturated rings. The number of nitrogens with zero attached hydrogens (tertiary/aromatic N) is 4. The lowest BCUT2D eigenvalue weighted by Crippen LogP contribution is -2.06. The quantitative estimate of drug-likeness (QED) is 0.797. The van der Waals surface area contributed by atoms with Gasteiger partial charge >= 0.3 is 0 Å². The molecule has 0 radical (unpaired) electrons. The van der Waals surface area contributed by atoms with Gasteiger partial charge < -0.3 is 10.5 Å². The van der Waals surface area contributed by atoms with Gasteiger partial charge in [0.05, 0.1) is 18.5 Å². The molecule has 0 saturated heterocycles. The molecule has 0 atom stereocenters. The fourth-order valence-corrected chi connectivity index (χ4v) is 2.24. The third-order valence-electron chi connectivity index (χ3n) is 3.68. The van der Waals surface area contributed by atoms with Gasteiger partial charge in [-0.15, -0.1) is 0 Å². The van der Waals surface area contributed by atoms with Gasteiger partial charge in [0.1, 0.15) is 5.82 Å². The van der Waals surface area contributed by atoms with E-state index in [0.717, 1.165) is 5.56 Å². The van der Waals surface area contributed by atoms with Crippen LogP contribution in [0.5, 0.6) is 5.88 Å². The van der Waals surface area contributed by atoms with E-state index in [9.17, 15) is 4.39 Å². The number of hydrogen-bond acceptors (Lipinski definition) is 6. The van der Waals surface area contributed by atoms with Crippen LogP contribution < -0.4 is 10.5 Å². The molecule has 1 aliphatic rings. The van der Waals surface area contributed by atoms with E-state index in [-0.39, 0.29) is 11.8 Å². The average Bonchev–Trinajstić information content (AvgIpc) is 3.37. The van der Waals surface area contributed by atoms with Crippen molar-refractivity contribution in [2.75, 3.05) is 12.3 Å². The lowest BCUT2D eigenvalue weighted by molar-refractivity contribution is 0.292. The Bertz CT molecular complexity index is 864. The monoisotopic (exact) mass is 311 g/mol. The first-order valence-corrected chi connectivity index (χ1v) is 7.38. The van der Waals surface area contributed by atoms with Crippen molar-refractivity contribution < 1.29 is 9.13 Å². The normalized spacial score (nSPS) is 14.1. The van der Waals surface area contributed by atoms with Gasteiger partial charge in [-0.25, -0.2) is 14.4 Å². The number of aromatic nitrogens is 4. The van der Waals surface area contributed by atoms with E-state index in [1.807, 2.05) is 0 Å². The van der Waals surface area contributed by atoms with Crippen LogP contribution >= 0.6 is 0 Å². The first kappa shape index (κ1) is 13.8. The molecule has 1 saturated carbocycles. The van der Waals surface area contributed by atoms with Gasteiger partial charge in [-0.3, -0.25) is 0 Å². The highest BCUT2D eigenvalue weighted by Crippen LogP contribution is 2.31. The number of benzene rings is 1. The zero-order valence-corrected chi connectivity index (χ0v) is 12.2. The van der Waals surface area contributed by atoms with Crippen LogP contribution in [0.15, 0.2) is 30.5 Å². The van der Waals surface area contributed by atoms with Crippen molar-refractivity contribution >= 4 is 17.1 Å². The van der Waals surface area contributed by atoms with Gasteiger partial charge in [-0.1, -0.05) is 0 Å². The van der Waals surface area contributed by atoms with E-state index < -0.39 is 0 Å². The fourth-order valence-electron chi connectivity index (χ4n) is 2.24. The van der Waals surface area contributed by atoms with E-state index in [2.05, 4.69) is 19.9 Å². The maximum Gasteiger partial charge on any atom is 0.247 e. The highest BCUT2D eigenvalue weighted by Gasteiger charge is 2.23. The van der Waals surface area contributed by atoms with E-state index in [0.29, 0.717) is 35.3 Å². The zero-order valence-electron chi connectivity index (χ0n) is 12.2. The van der Waals surface area contributed by atoms with Crippen LogP contribution in [0.3, 0.4) is 0 Å². The number of nitrogen functional groups attached to an aromatic ring is 1. The molecule has 6 nitrogen and oxygen atoms in total. The number of hydrogen-bond donors (Lipinski definition) is 1. The van der Waals surface area contributed by atoms with E-state index in [1.54, 1.807) is 18.3 Å². The highest BCUT2D eigenvalue weighted by atomic mass is 19.1. The third kappa shape index (κ3) is 2.90. The van der Waals surface area contributed by atoms with Crippen molar-refractivity contribution in [1.29, 1.82) is 0 Å². The number of fused-ring (bicyclic) bond motifs is 1. The number of halogens is 1. The molecule has 0 spiro atoms. The predicted octanol–water partition coefficient (Wildman–Crippen LogP) is 2.60. The molecule has 116 valence electrons. The molecule has 0 amide bonds.